The molecular formula is C13H15Cl2NO. The molecule has 1 aromatic heterocycles. The summed E-state index contributed by atoms with van der Waals surface area (Å²) in [4.78, 5) is 0. The highest BCUT2D eigenvalue weighted by Gasteiger charge is 2.16. The van der Waals surface area contributed by atoms with Gasteiger partial charge >= 0.3 is 0 Å². The van der Waals surface area contributed by atoms with E-state index in [1.54, 1.807) is 12.1 Å². The number of benzene rings is 1. The lowest BCUT2D eigenvalue weighted by Crippen LogP contribution is -2.19. The zero-order valence-electron chi connectivity index (χ0n) is 9.89. The van der Waals surface area contributed by atoms with Gasteiger partial charge in [-0.2, -0.15) is 0 Å². The van der Waals surface area contributed by atoms with Gasteiger partial charge in [0.05, 0.1) is 16.1 Å². The SMILES string of the molecule is CCNC(CC)c1cc2c(Cl)ccc(Cl)c2o1. The number of hydrogen-bond acceptors (Lipinski definition) is 2. The van der Waals surface area contributed by atoms with Crippen molar-refractivity contribution >= 4 is 34.2 Å². The minimum absolute atomic E-state index is 0.208. The van der Waals surface area contributed by atoms with E-state index in [1.165, 1.54) is 0 Å². The summed E-state index contributed by atoms with van der Waals surface area (Å²) in [7, 11) is 0. The molecule has 0 saturated carbocycles. The number of halogens is 2. The third kappa shape index (κ3) is 2.44. The van der Waals surface area contributed by atoms with Crippen LogP contribution in [0.5, 0.6) is 0 Å². The van der Waals surface area contributed by atoms with Crippen molar-refractivity contribution in [1.29, 1.82) is 0 Å². The fraction of sp³-hybridized carbons (Fsp3) is 0.385. The Kier molecular flexibility index (Phi) is 3.97. The van der Waals surface area contributed by atoms with E-state index in [9.17, 15) is 0 Å². The first-order valence-electron chi connectivity index (χ1n) is 5.78. The van der Waals surface area contributed by atoms with Crippen molar-refractivity contribution in [3.05, 3.63) is 34.0 Å². The summed E-state index contributed by atoms with van der Waals surface area (Å²) in [6.07, 6.45) is 0.961. The van der Waals surface area contributed by atoms with E-state index in [0.717, 1.165) is 24.1 Å². The van der Waals surface area contributed by atoms with Crippen molar-refractivity contribution in [2.45, 2.75) is 26.3 Å². The monoisotopic (exact) mass is 271 g/mol. The second-order valence-electron chi connectivity index (χ2n) is 3.94. The van der Waals surface area contributed by atoms with Crippen LogP contribution in [0.3, 0.4) is 0 Å². The molecule has 0 aliphatic rings. The zero-order valence-corrected chi connectivity index (χ0v) is 11.4. The van der Waals surface area contributed by atoms with Gasteiger partial charge in [0.15, 0.2) is 5.58 Å². The molecule has 2 nitrogen and oxygen atoms in total. The third-order valence-electron chi connectivity index (χ3n) is 2.80. The van der Waals surface area contributed by atoms with E-state index in [0.29, 0.717) is 15.6 Å². The zero-order chi connectivity index (χ0) is 12.4. The van der Waals surface area contributed by atoms with Crippen LogP contribution in [0, 0.1) is 0 Å². The van der Waals surface area contributed by atoms with Crippen molar-refractivity contribution in [2.75, 3.05) is 6.54 Å². The first-order chi connectivity index (χ1) is 8.17. The Morgan fingerprint density at radius 2 is 1.94 bits per heavy atom. The van der Waals surface area contributed by atoms with Crippen LogP contribution in [-0.4, -0.2) is 6.54 Å². The molecule has 92 valence electrons. The summed E-state index contributed by atoms with van der Waals surface area (Å²) < 4.78 is 5.81. The molecule has 2 aromatic rings. The third-order valence-corrected chi connectivity index (χ3v) is 3.43. The second-order valence-corrected chi connectivity index (χ2v) is 4.75. The summed E-state index contributed by atoms with van der Waals surface area (Å²) >= 11 is 12.2. The second kappa shape index (κ2) is 5.30. The summed E-state index contributed by atoms with van der Waals surface area (Å²) in [5.74, 6) is 0.888. The fourth-order valence-electron chi connectivity index (χ4n) is 1.94. The van der Waals surface area contributed by atoms with Gasteiger partial charge < -0.3 is 9.73 Å². The summed E-state index contributed by atoms with van der Waals surface area (Å²) in [5, 5.41) is 5.52. The lowest BCUT2D eigenvalue weighted by atomic mass is 10.1. The Morgan fingerprint density at radius 1 is 1.24 bits per heavy atom. The first kappa shape index (κ1) is 12.7. The van der Waals surface area contributed by atoms with Crippen molar-refractivity contribution in [3.63, 3.8) is 0 Å². The quantitative estimate of drug-likeness (QED) is 0.864. The van der Waals surface area contributed by atoms with Crippen LogP contribution in [0.2, 0.25) is 10.0 Å². The van der Waals surface area contributed by atoms with Gasteiger partial charge in [-0.1, -0.05) is 37.0 Å². The molecule has 0 aliphatic heterocycles. The van der Waals surface area contributed by atoms with Crippen molar-refractivity contribution in [1.82, 2.24) is 5.32 Å². The average Bonchev–Trinajstić information content (AvgIpc) is 2.77. The van der Waals surface area contributed by atoms with Gasteiger partial charge in [0.25, 0.3) is 0 Å². The molecule has 1 N–H and O–H groups in total. The molecular weight excluding hydrogens is 257 g/mol. The highest BCUT2D eigenvalue weighted by molar-refractivity contribution is 6.39. The van der Waals surface area contributed by atoms with Gasteiger partial charge in [-0.25, -0.2) is 0 Å². The number of hydrogen-bond donors (Lipinski definition) is 1. The van der Waals surface area contributed by atoms with Crippen LogP contribution in [-0.2, 0) is 0 Å². The predicted molar refractivity (Wildman–Crippen MR) is 72.9 cm³/mol. The standard InChI is InChI=1S/C13H15Cl2NO/c1-3-11(16-4-2)12-7-8-9(14)5-6-10(15)13(8)17-12/h5-7,11,16H,3-4H2,1-2H3. The predicted octanol–water partition coefficient (Wildman–Crippen LogP) is 4.80. The van der Waals surface area contributed by atoms with Crippen LogP contribution >= 0.6 is 23.2 Å². The minimum atomic E-state index is 0.208. The normalized spacial score (nSPS) is 13.2. The van der Waals surface area contributed by atoms with Gasteiger partial charge in [0, 0.05) is 5.39 Å². The Hall–Kier alpha value is -0.700. The fourth-order valence-corrected chi connectivity index (χ4v) is 2.35. The summed E-state index contributed by atoms with van der Waals surface area (Å²) in [6, 6.07) is 5.73. The van der Waals surface area contributed by atoms with Crippen LogP contribution < -0.4 is 5.32 Å². The number of furan rings is 1. The maximum absolute atomic E-state index is 6.13. The van der Waals surface area contributed by atoms with E-state index in [-0.39, 0.29) is 6.04 Å². The molecule has 1 heterocycles. The summed E-state index contributed by atoms with van der Waals surface area (Å²) in [6.45, 7) is 5.09. The van der Waals surface area contributed by atoms with Gasteiger partial charge in [0.2, 0.25) is 0 Å². The van der Waals surface area contributed by atoms with E-state index in [2.05, 4.69) is 19.2 Å². The maximum Gasteiger partial charge on any atom is 0.154 e. The van der Waals surface area contributed by atoms with Crippen LogP contribution in [0.1, 0.15) is 32.1 Å². The molecule has 2 rings (SSSR count). The molecule has 0 spiro atoms. The topological polar surface area (TPSA) is 25.2 Å². The van der Waals surface area contributed by atoms with Gasteiger partial charge in [0.1, 0.15) is 5.76 Å². The van der Waals surface area contributed by atoms with E-state index in [1.807, 2.05) is 6.07 Å². The summed E-state index contributed by atoms with van der Waals surface area (Å²) in [5.41, 5.74) is 0.672. The molecule has 1 aromatic carbocycles. The molecule has 0 radical (unpaired) electrons. The lowest BCUT2D eigenvalue weighted by molar-refractivity contribution is 0.428. The number of fused-ring (bicyclic) bond motifs is 1. The van der Waals surface area contributed by atoms with Gasteiger partial charge in [-0.15, -0.1) is 0 Å². The van der Waals surface area contributed by atoms with Crippen LogP contribution in [0.25, 0.3) is 11.0 Å². The largest absolute Gasteiger partial charge is 0.458 e. The smallest absolute Gasteiger partial charge is 0.154 e. The van der Waals surface area contributed by atoms with E-state index < -0.39 is 0 Å². The molecule has 1 unspecified atom stereocenters. The van der Waals surface area contributed by atoms with Crippen molar-refractivity contribution < 1.29 is 4.42 Å². The Bertz CT molecular complexity index is 482. The Morgan fingerprint density at radius 3 is 2.53 bits per heavy atom. The van der Waals surface area contributed by atoms with Crippen LogP contribution in [0.15, 0.2) is 22.6 Å². The molecule has 17 heavy (non-hydrogen) atoms. The molecule has 0 amide bonds. The van der Waals surface area contributed by atoms with Gasteiger partial charge in [-0.05, 0) is 31.2 Å². The number of rotatable bonds is 4. The average molecular weight is 272 g/mol. The molecule has 4 heteroatoms. The maximum atomic E-state index is 6.13. The molecule has 0 aliphatic carbocycles. The van der Waals surface area contributed by atoms with E-state index in [4.69, 9.17) is 27.6 Å². The lowest BCUT2D eigenvalue weighted by Gasteiger charge is -2.11. The molecule has 0 fully saturated rings. The highest BCUT2D eigenvalue weighted by atomic mass is 35.5. The van der Waals surface area contributed by atoms with Crippen LogP contribution in [0.4, 0.5) is 0 Å². The highest BCUT2D eigenvalue weighted by Crippen LogP contribution is 2.34. The Balaban J connectivity index is 2.50. The number of nitrogens with one attached hydrogen (secondary N) is 1. The molecule has 0 saturated heterocycles. The van der Waals surface area contributed by atoms with Crippen molar-refractivity contribution in [3.8, 4) is 0 Å². The van der Waals surface area contributed by atoms with E-state index >= 15 is 0 Å². The minimum Gasteiger partial charge on any atom is -0.458 e. The van der Waals surface area contributed by atoms with Gasteiger partial charge in [-0.3, -0.25) is 0 Å². The molecule has 0 bridgehead atoms. The first-order valence-corrected chi connectivity index (χ1v) is 6.53. The van der Waals surface area contributed by atoms with Crippen molar-refractivity contribution in [2.24, 2.45) is 0 Å². The Labute approximate surface area is 111 Å². The molecule has 1 atom stereocenters.